The van der Waals surface area contributed by atoms with Crippen molar-refractivity contribution in [1.82, 2.24) is 4.57 Å². The average molecular weight is 417 g/mol. The van der Waals surface area contributed by atoms with Gasteiger partial charge in [0.2, 0.25) is 0 Å². The van der Waals surface area contributed by atoms with E-state index in [4.69, 9.17) is 0 Å². The molecule has 0 atom stereocenters. The van der Waals surface area contributed by atoms with Crippen LogP contribution in [0.2, 0.25) is 0 Å². The van der Waals surface area contributed by atoms with Gasteiger partial charge in [-0.25, -0.2) is 8.42 Å². The number of aromatic nitrogens is 1. The van der Waals surface area contributed by atoms with E-state index in [-0.39, 0.29) is 23.0 Å². The van der Waals surface area contributed by atoms with E-state index >= 15 is 0 Å². The van der Waals surface area contributed by atoms with Gasteiger partial charge in [0.1, 0.15) is 0 Å². The largest absolute Gasteiger partial charge is 0.317 e. The van der Waals surface area contributed by atoms with Crippen molar-refractivity contribution in [2.75, 3.05) is 5.75 Å². The molecule has 0 aliphatic carbocycles. The molecule has 1 amide bonds. The summed E-state index contributed by atoms with van der Waals surface area (Å²) in [5, 5.41) is 0. The summed E-state index contributed by atoms with van der Waals surface area (Å²) in [6.07, 6.45) is 0.141. The Morgan fingerprint density at radius 2 is 1.71 bits per heavy atom. The van der Waals surface area contributed by atoms with Crippen LogP contribution < -0.4 is 4.80 Å². The van der Waals surface area contributed by atoms with Crippen LogP contribution in [0.3, 0.4) is 0 Å². The van der Waals surface area contributed by atoms with Gasteiger partial charge in [0.05, 0.1) is 27.3 Å². The first-order chi connectivity index (χ1) is 13.2. The van der Waals surface area contributed by atoms with Gasteiger partial charge in [-0.3, -0.25) is 4.79 Å². The number of hydrogen-bond donors (Lipinski definition) is 0. The van der Waals surface area contributed by atoms with E-state index in [1.54, 1.807) is 31.2 Å². The van der Waals surface area contributed by atoms with Gasteiger partial charge in [-0.05, 0) is 61.7 Å². The van der Waals surface area contributed by atoms with Gasteiger partial charge >= 0.3 is 0 Å². The van der Waals surface area contributed by atoms with Crippen LogP contribution in [0, 0.1) is 13.8 Å². The van der Waals surface area contributed by atoms with Crippen LogP contribution in [-0.2, 0) is 27.6 Å². The Kier molecular flexibility index (Phi) is 5.86. The molecular weight excluding hydrogens is 392 g/mol. The summed E-state index contributed by atoms with van der Waals surface area (Å²) < 4.78 is 27.0. The van der Waals surface area contributed by atoms with Gasteiger partial charge in [0, 0.05) is 6.54 Å². The van der Waals surface area contributed by atoms with Crippen LogP contribution in [0.5, 0.6) is 0 Å². The van der Waals surface area contributed by atoms with Gasteiger partial charge in [-0.15, -0.1) is 0 Å². The van der Waals surface area contributed by atoms with Crippen LogP contribution in [-0.4, -0.2) is 24.6 Å². The van der Waals surface area contributed by atoms with Gasteiger partial charge in [-0.2, -0.15) is 4.99 Å². The zero-order chi connectivity index (χ0) is 20.5. The number of amides is 1. The molecule has 28 heavy (non-hydrogen) atoms. The molecule has 0 aliphatic heterocycles. The number of fused-ring (bicyclic) bond motifs is 1. The van der Waals surface area contributed by atoms with Crippen molar-refractivity contribution in [1.29, 1.82) is 0 Å². The topological polar surface area (TPSA) is 68.5 Å². The lowest BCUT2D eigenvalue weighted by Gasteiger charge is -2.04. The van der Waals surface area contributed by atoms with E-state index in [9.17, 15) is 13.2 Å². The number of nitrogens with zero attached hydrogens (tertiary/aromatic N) is 2. The second-order valence-electron chi connectivity index (χ2n) is 6.76. The maximum absolute atomic E-state index is 12.5. The zero-order valence-corrected chi connectivity index (χ0v) is 18.2. The molecule has 0 N–H and O–H groups in total. The lowest BCUT2D eigenvalue weighted by Crippen LogP contribution is -2.16. The predicted molar refractivity (Wildman–Crippen MR) is 113 cm³/mol. The van der Waals surface area contributed by atoms with Crippen molar-refractivity contribution in [3.05, 3.63) is 57.9 Å². The molecule has 3 rings (SSSR count). The molecule has 0 fully saturated rings. The minimum Gasteiger partial charge on any atom is -0.317 e. The van der Waals surface area contributed by atoms with Crippen LogP contribution in [0.4, 0.5) is 0 Å². The number of carbonyl (C=O) groups excluding carboxylic acids is 1. The third-order valence-electron chi connectivity index (χ3n) is 4.85. The highest BCUT2D eigenvalue weighted by Crippen LogP contribution is 2.22. The van der Waals surface area contributed by atoms with E-state index in [2.05, 4.69) is 35.5 Å². The van der Waals surface area contributed by atoms with Crippen LogP contribution in [0.15, 0.2) is 46.3 Å². The molecule has 0 unspecified atom stereocenters. The minimum absolute atomic E-state index is 0.0580. The van der Waals surface area contributed by atoms with E-state index in [0.717, 1.165) is 22.3 Å². The Hall–Kier alpha value is -2.25. The normalized spacial score (nSPS) is 12.6. The molecule has 0 saturated carbocycles. The molecule has 0 spiro atoms. The van der Waals surface area contributed by atoms with E-state index in [1.807, 2.05) is 6.92 Å². The highest BCUT2D eigenvalue weighted by molar-refractivity contribution is 7.91. The van der Waals surface area contributed by atoms with Crippen molar-refractivity contribution in [2.24, 2.45) is 4.99 Å². The third kappa shape index (κ3) is 4.10. The maximum atomic E-state index is 12.5. The number of carbonyl (C=O) groups is 1. The fraction of sp³-hybridized carbons (Fsp3) is 0.333. The van der Waals surface area contributed by atoms with Gasteiger partial charge in [-0.1, -0.05) is 30.4 Å². The summed E-state index contributed by atoms with van der Waals surface area (Å²) in [4.78, 5) is 17.8. The number of thiazole rings is 1. The minimum atomic E-state index is -3.23. The summed E-state index contributed by atoms with van der Waals surface area (Å²) in [5.41, 5.74) is 4.28. The van der Waals surface area contributed by atoms with E-state index < -0.39 is 9.84 Å². The Bertz CT molecular complexity index is 1200. The van der Waals surface area contributed by atoms with Crippen molar-refractivity contribution < 1.29 is 13.2 Å². The Balaban J connectivity index is 1.91. The second kappa shape index (κ2) is 8.01. The van der Waals surface area contributed by atoms with Crippen molar-refractivity contribution in [2.45, 2.75) is 45.6 Å². The Morgan fingerprint density at radius 3 is 2.32 bits per heavy atom. The number of aryl methyl sites for hydroxylation is 3. The zero-order valence-electron chi connectivity index (χ0n) is 16.5. The Morgan fingerprint density at radius 1 is 1.07 bits per heavy atom. The fourth-order valence-electron chi connectivity index (χ4n) is 3.01. The number of rotatable bonds is 5. The smallest absolute Gasteiger partial charge is 0.252 e. The number of hydrogen-bond acceptors (Lipinski definition) is 4. The molecule has 2 aromatic carbocycles. The summed E-state index contributed by atoms with van der Waals surface area (Å²) >= 11 is 1.52. The SMILES string of the molecule is CCn1c(=NC(=O)Cc2ccc(S(=O)(=O)CC)cc2)sc2cc(C)c(C)cc21. The van der Waals surface area contributed by atoms with Crippen molar-refractivity contribution in [3.63, 3.8) is 0 Å². The summed E-state index contributed by atoms with van der Waals surface area (Å²) in [5.74, 6) is -0.184. The summed E-state index contributed by atoms with van der Waals surface area (Å²) in [6.45, 7) is 8.55. The molecule has 0 saturated heterocycles. The summed E-state index contributed by atoms with van der Waals surface area (Å²) in [6, 6.07) is 10.7. The molecule has 5 nitrogen and oxygen atoms in total. The maximum Gasteiger partial charge on any atom is 0.252 e. The monoisotopic (exact) mass is 416 g/mol. The van der Waals surface area contributed by atoms with Gasteiger partial charge in [0.15, 0.2) is 14.6 Å². The first-order valence-electron chi connectivity index (χ1n) is 9.25. The number of sulfone groups is 1. The van der Waals surface area contributed by atoms with Crippen LogP contribution in [0.25, 0.3) is 10.2 Å². The quantitative estimate of drug-likeness (QED) is 0.635. The third-order valence-corrected chi connectivity index (χ3v) is 7.64. The highest BCUT2D eigenvalue weighted by Gasteiger charge is 2.12. The highest BCUT2D eigenvalue weighted by atomic mass is 32.2. The van der Waals surface area contributed by atoms with E-state index in [0.29, 0.717) is 4.80 Å². The molecule has 0 aliphatic rings. The summed E-state index contributed by atoms with van der Waals surface area (Å²) in [7, 11) is -3.23. The Labute approximate surface area is 169 Å². The van der Waals surface area contributed by atoms with Crippen LogP contribution >= 0.6 is 11.3 Å². The van der Waals surface area contributed by atoms with Crippen molar-refractivity contribution in [3.8, 4) is 0 Å². The first-order valence-corrected chi connectivity index (χ1v) is 11.7. The molecule has 3 aromatic rings. The van der Waals surface area contributed by atoms with Gasteiger partial charge < -0.3 is 4.57 Å². The molecule has 148 valence electrons. The molecule has 1 heterocycles. The van der Waals surface area contributed by atoms with Crippen LogP contribution in [0.1, 0.15) is 30.5 Å². The molecular formula is C21H24N2O3S2. The lowest BCUT2D eigenvalue weighted by molar-refractivity contribution is -0.117. The fourth-order valence-corrected chi connectivity index (χ4v) is 5.09. The predicted octanol–water partition coefficient (Wildman–Crippen LogP) is 3.80. The van der Waals surface area contributed by atoms with E-state index in [1.165, 1.54) is 22.5 Å². The molecule has 0 radical (unpaired) electrons. The first kappa shape index (κ1) is 20.5. The lowest BCUT2D eigenvalue weighted by atomic mass is 10.1. The standard InChI is InChI=1S/C21H24N2O3S2/c1-5-23-18-11-14(3)15(4)12-19(18)27-21(23)22-20(24)13-16-7-9-17(10-8-16)28(25,26)6-2/h7-12H,5-6,13H2,1-4H3. The average Bonchev–Trinajstić information content (AvgIpc) is 2.98. The molecule has 7 heteroatoms. The van der Waals surface area contributed by atoms with Crippen molar-refractivity contribution >= 4 is 37.3 Å². The van der Waals surface area contributed by atoms with Gasteiger partial charge in [0.25, 0.3) is 5.91 Å². The number of benzene rings is 2. The molecule has 0 bridgehead atoms. The second-order valence-corrected chi connectivity index (χ2v) is 10.1. The molecule has 1 aromatic heterocycles.